The molecule has 0 aromatic carbocycles. The Morgan fingerprint density at radius 2 is 2.04 bits per heavy atom. The molecule has 4 rings (SSSR count). The van der Waals surface area contributed by atoms with E-state index in [9.17, 15) is 4.79 Å². The largest absolute Gasteiger partial charge is 0.378 e. The van der Waals surface area contributed by atoms with Crippen molar-refractivity contribution in [2.45, 2.75) is 25.9 Å². The second-order valence-electron chi connectivity index (χ2n) is 6.92. The number of aryl methyl sites for hydroxylation is 1. The number of hydrogen-bond donors (Lipinski definition) is 0. The molecule has 2 aliphatic rings. The van der Waals surface area contributed by atoms with Crippen LogP contribution in [0.25, 0.3) is 0 Å². The predicted octanol–water partition coefficient (Wildman–Crippen LogP) is 1.92. The summed E-state index contributed by atoms with van der Waals surface area (Å²) in [4.78, 5) is 25.5. The number of hydrogen-bond acceptors (Lipinski definition) is 6. The monoisotopic (exact) mass is 352 g/mol. The van der Waals surface area contributed by atoms with E-state index in [2.05, 4.69) is 32.8 Å². The van der Waals surface area contributed by atoms with E-state index in [0.29, 0.717) is 6.54 Å². The van der Waals surface area contributed by atoms with Gasteiger partial charge in [-0.3, -0.25) is 14.9 Å². The first kappa shape index (κ1) is 17.1. The highest BCUT2D eigenvalue weighted by atomic mass is 16.5. The fraction of sp³-hybridized carbons (Fsp3) is 0.450. The predicted molar refractivity (Wildman–Crippen MR) is 99.2 cm³/mol. The van der Waals surface area contributed by atoms with Gasteiger partial charge in [-0.25, -0.2) is 0 Å². The van der Waals surface area contributed by atoms with Gasteiger partial charge < -0.3 is 14.4 Å². The van der Waals surface area contributed by atoms with E-state index in [1.54, 1.807) is 0 Å². The number of anilines is 1. The van der Waals surface area contributed by atoms with E-state index in [0.717, 1.165) is 68.2 Å². The van der Waals surface area contributed by atoms with Gasteiger partial charge in [0.1, 0.15) is 6.29 Å². The molecule has 136 valence electrons. The van der Waals surface area contributed by atoms with E-state index < -0.39 is 0 Å². The Hall–Kier alpha value is -2.31. The van der Waals surface area contributed by atoms with Crippen LogP contribution in [0, 0.1) is 6.92 Å². The van der Waals surface area contributed by atoms with Gasteiger partial charge in [0.15, 0.2) is 0 Å². The van der Waals surface area contributed by atoms with Crippen molar-refractivity contribution in [2.24, 2.45) is 0 Å². The van der Waals surface area contributed by atoms with Gasteiger partial charge in [0.25, 0.3) is 0 Å². The van der Waals surface area contributed by atoms with Gasteiger partial charge in [-0.15, -0.1) is 0 Å². The molecule has 4 heterocycles. The maximum absolute atomic E-state index is 12.0. The van der Waals surface area contributed by atoms with E-state index in [4.69, 9.17) is 4.74 Å². The van der Waals surface area contributed by atoms with Crippen LogP contribution in [0.2, 0.25) is 0 Å². The number of carbonyl (C=O) groups excluding carboxylic acids is 1. The highest BCUT2D eigenvalue weighted by Crippen LogP contribution is 2.38. The summed E-state index contributed by atoms with van der Waals surface area (Å²) in [5.41, 5.74) is 5.49. The number of rotatable bonds is 5. The summed E-state index contributed by atoms with van der Waals surface area (Å²) in [5.74, 6) is 0. The summed E-state index contributed by atoms with van der Waals surface area (Å²) in [7, 11) is 0. The maximum atomic E-state index is 12.0. The second-order valence-corrected chi connectivity index (χ2v) is 6.92. The molecule has 26 heavy (non-hydrogen) atoms. The zero-order valence-corrected chi connectivity index (χ0v) is 15.1. The first-order valence-electron chi connectivity index (χ1n) is 9.17. The Balaban J connectivity index is 1.54. The molecule has 0 amide bonds. The lowest BCUT2D eigenvalue weighted by atomic mass is 10.1. The molecule has 1 unspecified atom stereocenters. The SMILES string of the molecule is Cc1ccnc(CCN2Cc3nccc(N4CCOCC4)c3C2C=O)c1. The maximum Gasteiger partial charge on any atom is 0.141 e. The number of carbonyl (C=O) groups is 1. The van der Waals surface area contributed by atoms with Crippen molar-refractivity contribution in [1.82, 2.24) is 14.9 Å². The van der Waals surface area contributed by atoms with Crippen LogP contribution >= 0.6 is 0 Å². The van der Waals surface area contributed by atoms with Gasteiger partial charge in [-0.2, -0.15) is 0 Å². The van der Waals surface area contributed by atoms with Crippen LogP contribution in [0.1, 0.15) is 28.6 Å². The molecule has 2 aromatic rings. The van der Waals surface area contributed by atoms with Gasteiger partial charge in [0.05, 0.1) is 24.9 Å². The molecular formula is C20H24N4O2. The Morgan fingerprint density at radius 3 is 2.81 bits per heavy atom. The standard InChI is InChI=1S/C20H24N4O2/c1-15-2-5-21-16(12-15)4-7-24-13-17-20(19(24)14-25)18(3-6-22-17)23-8-10-26-11-9-23/h2-3,5-6,12,14,19H,4,7-11,13H2,1H3. The summed E-state index contributed by atoms with van der Waals surface area (Å²) in [6, 6.07) is 5.91. The molecule has 0 N–H and O–H groups in total. The van der Waals surface area contributed by atoms with Gasteiger partial charge >= 0.3 is 0 Å². The van der Waals surface area contributed by atoms with Gasteiger partial charge in [0.2, 0.25) is 0 Å². The van der Waals surface area contributed by atoms with Gasteiger partial charge in [0, 0.05) is 61.9 Å². The fourth-order valence-corrected chi connectivity index (χ4v) is 3.87. The van der Waals surface area contributed by atoms with Crippen molar-refractivity contribution in [3.05, 3.63) is 53.1 Å². The first-order chi connectivity index (χ1) is 12.8. The van der Waals surface area contributed by atoms with Crippen LogP contribution in [0.4, 0.5) is 5.69 Å². The normalized spacial score (nSPS) is 20.2. The van der Waals surface area contributed by atoms with Gasteiger partial charge in [-0.05, 0) is 30.7 Å². The number of nitrogens with zero attached hydrogens (tertiary/aromatic N) is 4. The molecule has 1 atom stereocenters. The molecule has 0 aliphatic carbocycles. The van der Waals surface area contributed by atoms with Crippen LogP contribution in [0.15, 0.2) is 30.6 Å². The molecule has 2 aromatic heterocycles. The van der Waals surface area contributed by atoms with E-state index in [-0.39, 0.29) is 6.04 Å². The van der Waals surface area contributed by atoms with Crippen molar-refractivity contribution in [2.75, 3.05) is 37.7 Å². The Labute approximate surface area is 153 Å². The molecule has 0 bridgehead atoms. The Morgan fingerprint density at radius 1 is 1.23 bits per heavy atom. The molecule has 0 radical (unpaired) electrons. The molecule has 1 fully saturated rings. The number of aldehydes is 1. The fourth-order valence-electron chi connectivity index (χ4n) is 3.87. The summed E-state index contributed by atoms with van der Waals surface area (Å²) < 4.78 is 5.47. The number of aromatic nitrogens is 2. The van der Waals surface area contributed by atoms with E-state index in [1.807, 2.05) is 24.5 Å². The smallest absolute Gasteiger partial charge is 0.141 e. The topological polar surface area (TPSA) is 58.6 Å². The van der Waals surface area contributed by atoms with Crippen LogP contribution in [0.5, 0.6) is 0 Å². The zero-order chi connectivity index (χ0) is 17.9. The molecule has 6 nitrogen and oxygen atoms in total. The highest BCUT2D eigenvalue weighted by Gasteiger charge is 2.34. The quantitative estimate of drug-likeness (QED) is 0.767. The number of pyridine rings is 2. The lowest BCUT2D eigenvalue weighted by Gasteiger charge is -2.31. The van der Waals surface area contributed by atoms with E-state index >= 15 is 0 Å². The van der Waals surface area contributed by atoms with Crippen molar-refractivity contribution in [3.63, 3.8) is 0 Å². The average Bonchev–Trinajstić information content (AvgIpc) is 3.04. The Kier molecular flexibility index (Phi) is 4.95. The second kappa shape index (κ2) is 7.51. The number of fused-ring (bicyclic) bond motifs is 1. The third kappa shape index (κ3) is 3.34. The van der Waals surface area contributed by atoms with Crippen molar-refractivity contribution in [3.8, 4) is 0 Å². The Bertz CT molecular complexity index is 789. The van der Waals surface area contributed by atoms with Crippen molar-refractivity contribution >= 4 is 12.0 Å². The minimum Gasteiger partial charge on any atom is -0.378 e. The lowest BCUT2D eigenvalue weighted by molar-refractivity contribution is -0.112. The molecule has 1 saturated heterocycles. The van der Waals surface area contributed by atoms with Crippen LogP contribution in [-0.2, 0) is 22.5 Å². The summed E-state index contributed by atoms with van der Waals surface area (Å²) >= 11 is 0. The average molecular weight is 352 g/mol. The van der Waals surface area contributed by atoms with E-state index in [1.165, 1.54) is 5.56 Å². The van der Waals surface area contributed by atoms with Crippen molar-refractivity contribution in [1.29, 1.82) is 0 Å². The van der Waals surface area contributed by atoms with Gasteiger partial charge in [-0.1, -0.05) is 0 Å². The van der Waals surface area contributed by atoms with Crippen molar-refractivity contribution < 1.29 is 9.53 Å². The lowest BCUT2D eigenvalue weighted by Crippen LogP contribution is -2.37. The summed E-state index contributed by atoms with van der Waals surface area (Å²) in [6.07, 6.45) is 5.59. The summed E-state index contributed by atoms with van der Waals surface area (Å²) in [5, 5.41) is 0. The minimum atomic E-state index is -0.235. The molecular weight excluding hydrogens is 328 g/mol. The van der Waals surface area contributed by atoms with Crippen LogP contribution in [-0.4, -0.2) is 54.0 Å². The molecule has 6 heteroatoms. The zero-order valence-electron chi connectivity index (χ0n) is 15.1. The molecule has 0 saturated carbocycles. The number of morpholine rings is 1. The molecule has 0 spiro atoms. The summed E-state index contributed by atoms with van der Waals surface area (Å²) in [6.45, 7) is 6.74. The highest BCUT2D eigenvalue weighted by molar-refractivity contribution is 5.71. The van der Waals surface area contributed by atoms with Crippen LogP contribution in [0.3, 0.4) is 0 Å². The minimum absolute atomic E-state index is 0.235. The third-order valence-corrected chi connectivity index (χ3v) is 5.20. The third-order valence-electron chi connectivity index (χ3n) is 5.20. The van der Waals surface area contributed by atoms with Crippen LogP contribution < -0.4 is 4.90 Å². The molecule has 2 aliphatic heterocycles. The first-order valence-corrected chi connectivity index (χ1v) is 9.17. The number of ether oxygens (including phenoxy) is 1.